The van der Waals surface area contributed by atoms with E-state index in [9.17, 15) is 31.2 Å². The minimum atomic E-state index is -4.54. The van der Waals surface area contributed by atoms with Crippen molar-refractivity contribution in [2.24, 2.45) is 0 Å². The summed E-state index contributed by atoms with van der Waals surface area (Å²) < 4.78 is 68.2. The van der Waals surface area contributed by atoms with Crippen LogP contribution in [0.1, 0.15) is 30.1 Å². The Labute approximate surface area is 166 Å². The Hall–Kier alpha value is -2.34. The summed E-state index contributed by atoms with van der Waals surface area (Å²) in [6.45, 7) is 0.703. The number of rotatable bonds is 6. The number of nitrogens with zero attached hydrogens (tertiary/aromatic N) is 1. The van der Waals surface area contributed by atoms with E-state index in [4.69, 9.17) is 4.74 Å². The molecule has 29 heavy (non-hydrogen) atoms. The minimum Gasteiger partial charge on any atom is -0.450 e. The molecule has 0 aliphatic carbocycles. The molecule has 162 valence electrons. The number of ether oxygens (including phenoxy) is 1. The van der Waals surface area contributed by atoms with Crippen molar-refractivity contribution >= 4 is 22.0 Å². The highest BCUT2D eigenvalue weighted by Gasteiger charge is 2.31. The maximum absolute atomic E-state index is 12.8. The highest BCUT2D eigenvalue weighted by molar-refractivity contribution is 7.89. The molecule has 1 heterocycles. The molecule has 1 unspecified atom stereocenters. The number of amides is 2. The van der Waals surface area contributed by atoms with Crippen molar-refractivity contribution in [3.05, 3.63) is 29.8 Å². The summed E-state index contributed by atoms with van der Waals surface area (Å²) >= 11 is 0. The average Bonchev–Trinajstić information content (AvgIpc) is 2.66. The summed E-state index contributed by atoms with van der Waals surface area (Å²) in [7, 11) is -3.89. The van der Waals surface area contributed by atoms with Crippen molar-refractivity contribution in [1.82, 2.24) is 14.9 Å². The van der Waals surface area contributed by atoms with Crippen LogP contribution < -0.4 is 10.6 Å². The maximum Gasteiger partial charge on any atom is 0.407 e. The van der Waals surface area contributed by atoms with E-state index in [0.717, 1.165) is 12.1 Å². The van der Waals surface area contributed by atoms with Gasteiger partial charge >= 0.3 is 12.3 Å². The highest BCUT2D eigenvalue weighted by Crippen LogP contribution is 2.21. The van der Waals surface area contributed by atoms with Gasteiger partial charge in [0.05, 0.1) is 11.5 Å². The first-order valence-corrected chi connectivity index (χ1v) is 10.4. The molecule has 1 aromatic rings. The van der Waals surface area contributed by atoms with E-state index in [1.807, 2.05) is 0 Å². The number of carbonyl (C=O) groups excluding carboxylic acids is 2. The van der Waals surface area contributed by atoms with Crippen LogP contribution in [0.5, 0.6) is 0 Å². The first-order valence-electron chi connectivity index (χ1n) is 8.91. The molecule has 2 rings (SSSR count). The molecule has 2 amide bonds. The summed E-state index contributed by atoms with van der Waals surface area (Å²) in [5.41, 5.74) is -0.0892. The van der Waals surface area contributed by atoms with E-state index in [2.05, 4.69) is 5.32 Å². The predicted octanol–water partition coefficient (Wildman–Crippen LogP) is 1.88. The number of carbonyl (C=O) groups is 2. The van der Waals surface area contributed by atoms with Crippen LogP contribution >= 0.6 is 0 Å². The van der Waals surface area contributed by atoms with Crippen LogP contribution in [0.15, 0.2) is 29.2 Å². The maximum atomic E-state index is 12.8. The largest absolute Gasteiger partial charge is 0.450 e. The lowest BCUT2D eigenvalue weighted by Crippen LogP contribution is -2.49. The third-order valence-electron chi connectivity index (χ3n) is 4.19. The molecule has 0 radical (unpaired) electrons. The number of piperidine rings is 1. The second kappa shape index (κ2) is 9.44. The van der Waals surface area contributed by atoms with Gasteiger partial charge in [0.1, 0.15) is 6.54 Å². The van der Waals surface area contributed by atoms with Gasteiger partial charge in [-0.25, -0.2) is 13.2 Å². The summed E-state index contributed by atoms with van der Waals surface area (Å²) in [5, 5.41) is 4.33. The standard InChI is InChI=1S/C17H22F3N3O5S/c1-2-28-16(25)22-13-4-3-9-23(10-13)29(26,27)14-7-5-12(6-8-14)15(24)21-11-17(18,19)20/h5-8,13H,2-4,9-11H2,1H3,(H,21,24)(H,22,25). The number of hydrogen-bond acceptors (Lipinski definition) is 5. The third-order valence-corrected chi connectivity index (χ3v) is 6.06. The zero-order valence-electron chi connectivity index (χ0n) is 15.7. The van der Waals surface area contributed by atoms with E-state index in [1.165, 1.54) is 16.4 Å². The van der Waals surface area contributed by atoms with Gasteiger partial charge in [-0.2, -0.15) is 17.5 Å². The lowest BCUT2D eigenvalue weighted by Gasteiger charge is -2.32. The fraction of sp³-hybridized carbons (Fsp3) is 0.529. The van der Waals surface area contributed by atoms with Crippen LogP contribution in [0, 0.1) is 0 Å². The molecule has 8 nitrogen and oxygen atoms in total. The predicted molar refractivity (Wildman–Crippen MR) is 96.8 cm³/mol. The second-order valence-corrected chi connectivity index (χ2v) is 8.33. The molecule has 0 aromatic heterocycles. The van der Waals surface area contributed by atoms with Gasteiger partial charge < -0.3 is 15.4 Å². The number of benzene rings is 1. The number of nitrogens with one attached hydrogen (secondary N) is 2. The number of halogens is 3. The molecule has 1 aromatic carbocycles. The Morgan fingerprint density at radius 1 is 1.24 bits per heavy atom. The van der Waals surface area contributed by atoms with Gasteiger partial charge in [0, 0.05) is 24.7 Å². The summed E-state index contributed by atoms with van der Waals surface area (Å²) in [5.74, 6) is -0.956. The van der Waals surface area contributed by atoms with Crippen LogP contribution in [0.3, 0.4) is 0 Å². The molecule has 0 saturated carbocycles. The van der Waals surface area contributed by atoms with Gasteiger partial charge in [0.2, 0.25) is 10.0 Å². The topological polar surface area (TPSA) is 105 Å². The zero-order valence-corrected chi connectivity index (χ0v) is 16.5. The van der Waals surface area contributed by atoms with Gasteiger partial charge in [0.15, 0.2) is 0 Å². The second-order valence-electron chi connectivity index (χ2n) is 6.39. The first kappa shape index (κ1) is 22.9. The smallest absolute Gasteiger partial charge is 0.407 e. The summed E-state index contributed by atoms with van der Waals surface area (Å²) in [4.78, 5) is 23.2. The number of alkyl halides is 3. The Kier molecular flexibility index (Phi) is 7.47. The van der Waals surface area contributed by atoms with Gasteiger partial charge in [-0.05, 0) is 44.0 Å². The fourth-order valence-corrected chi connectivity index (χ4v) is 4.35. The van der Waals surface area contributed by atoms with E-state index >= 15 is 0 Å². The Morgan fingerprint density at radius 2 is 1.90 bits per heavy atom. The van der Waals surface area contributed by atoms with Crippen molar-refractivity contribution in [1.29, 1.82) is 0 Å². The minimum absolute atomic E-state index is 0.0645. The van der Waals surface area contributed by atoms with E-state index in [-0.39, 0.29) is 30.2 Å². The molecule has 2 N–H and O–H groups in total. The van der Waals surface area contributed by atoms with E-state index in [0.29, 0.717) is 12.8 Å². The molecular weight excluding hydrogens is 415 g/mol. The Morgan fingerprint density at radius 3 is 2.48 bits per heavy atom. The zero-order chi connectivity index (χ0) is 21.7. The molecule has 0 bridgehead atoms. The SMILES string of the molecule is CCOC(=O)NC1CCCN(S(=O)(=O)c2ccc(C(=O)NCC(F)(F)F)cc2)C1. The van der Waals surface area contributed by atoms with Crippen LogP contribution in [0.25, 0.3) is 0 Å². The van der Waals surface area contributed by atoms with Crippen LogP contribution in [0.2, 0.25) is 0 Å². The van der Waals surface area contributed by atoms with Gasteiger partial charge in [-0.15, -0.1) is 0 Å². The van der Waals surface area contributed by atoms with Crippen molar-refractivity contribution in [2.75, 3.05) is 26.2 Å². The number of sulfonamides is 1. The van der Waals surface area contributed by atoms with Crippen LogP contribution in [0.4, 0.5) is 18.0 Å². The van der Waals surface area contributed by atoms with Gasteiger partial charge in [-0.3, -0.25) is 4.79 Å². The molecule has 1 aliphatic rings. The summed E-state index contributed by atoms with van der Waals surface area (Å²) in [6.07, 6.45) is -4.02. The molecule has 1 saturated heterocycles. The van der Waals surface area contributed by atoms with Gasteiger partial charge in [-0.1, -0.05) is 0 Å². The Bertz CT molecular complexity index is 828. The van der Waals surface area contributed by atoms with Gasteiger partial charge in [0.25, 0.3) is 5.91 Å². The van der Waals surface area contributed by atoms with Crippen molar-refractivity contribution < 1.29 is 35.9 Å². The molecule has 0 spiro atoms. The van der Waals surface area contributed by atoms with Crippen LogP contribution in [-0.2, 0) is 14.8 Å². The molecule has 1 aliphatic heterocycles. The quantitative estimate of drug-likeness (QED) is 0.707. The van der Waals surface area contributed by atoms with E-state index in [1.54, 1.807) is 12.2 Å². The van der Waals surface area contributed by atoms with Crippen LogP contribution in [-0.4, -0.2) is 63.2 Å². The average molecular weight is 437 g/mol. The number of hydrogen-bond donors (Lipinski definition) is 2. The first-order chi connectivity index (χ1) is 13.5. The Balaban J connectivity index is 2.04. The van der Waals surface area contributed by atoms with Crippen molar-refractivity contribution in [3.8, 4) is 0 Å². The lowest BCUT2D eigenvalue weighted by atomic mass is 10.1. The van der Waals surface area contributed by atoms with Crippen molar-refractivity contribution in [3.63, 3.8) is 0 Å². The monoisotopic (exact) mass is 437 g/mol. The third kappa shape index (κ3) is 6.60. The molecule has 12 heteroatoms. The molecular formula is C17H22F3N3O5S. The lowest BCUT2D eigenvalue weighted by molar-refractivity contribution is -0.123. The molecule has 1 fully saturated rings. The summed E-state index contributed by atoms with van der Waals surface area (Å²) in [6, 6.07) is 4.23. The van der Waals surface area contributed by atoms with Crippen molar-refractivity contribution in [2.45, 2.75) is 36.9 Å². The normalized spacial score (nSPS) is 18.1. The number of alkyl carbamates (subject to hydrolysis) is 1. The molecule has 1 atom stereocenters. The highest BCUT2D eigenvalue weighted by atomic mass is 32.2. The fourth-order valence-electron chi connectivity index (χ4n) is 2.83. The van der Waals surface area contributed by atoms with E-state index < -0.39 is 40.8 Å².